The summed E-state index contributed by atoms with van der Waals surface area (Å²) in [5, 5.41) is 1.14. The normalized spacial score (nSPS) is 23.0. The predicted octanol–water partition coefficient (Wildman–Crippen LogP) is 4.41. The average Bonchev–Trinajstić information content (AvgIpc) is 2.78. The lowest BCUT2D eigenvalue weighted by molar-refractivity contribution is -0.124. The van der Waals surface area contributed by atoms with Crippen LogP contribution in [0.4, 0.5) is 0 Å². The molecule has 0 saturated carbocycles. The lowest BCUT2D eigenvalue weighted by Crippen LogP contribution is -2.44. The van der Waals surface area contributed by atoms with Crippen LogP contribution in [0.1, 0.15) is 37.3 Å². The van der Waals surface area contributed by atoms with Gasteiger partial charge in [0.25, 0.3) is 5.91 Å². The number of nitrogens with zero attached hydrogens (tertiary/aromatic N) is 3. The van der Waals surface area contributed by atoms with Gasteiger partial charge in [-0.25, -0.2) is 0 Å². The molecule has 3 aliphatic rings. The second kappa shape index (κ2) is 9.18. The van der Waals surface area contributed by atoms with E-state index in [1.807, 2.05) is 17.0 Å². The third-order valence-electron chi connectivity index (χ3n) is 6.72. The summed E-state index contributed by atoms with van der Waals surface area (Å²) in [5.41, 5.74) is 4.77. The van der Waals surface area contributed by atoms with Crippen LogP contribution < -0.4 is 4.74 Å². The highest BCUT2D eigenvalue weighted by atomic mass is 31.1. The molecule has 2 unspecified atom stereocenters. The number of fused-ring (bicyclic) bond motifs is 1. The highest BCUT2D eigenvalue weighted by Gasteiger charge is 2.34. The van der Waals surface area contributed by atoms with Gasteiger partial charge in [-0.05, 0) is 80.5 Å². The van der Waals surface area contributed by atoms with E-state index < -0.39 is 0 Å². The number of carbonyl (C=O) groups is 1. The first kappa shape index (κ1) is 22.1. The molecule has 6 heteroatoms. The fraction of sp³-hybridized carbons (Fsp3) is 0.480. The number of amides is 1. The van der Waals surface area contributed by atoms with Crippen molar-refractivity contribution in [2.45, 2.75) is 44.9 Å². The largest absolute Gasteiger partial charge is 0.496 e. The fourth-order valence-corrected chi connectivity index (χ4v) is 6.40. The Hall–Kier alpha value is -2.10. The van der Waals surface area contributed by atoms with Gasteiger partial charge < -0.3 is 19.4 Å². The van der Waals surface area contributed by atoms with Crippen LogP contribution in [-0.4, -0.2) is 66.7 Å². The molecule has 0 aliphatic carbocycles. The van der Waals surface area contributed by atoms with Gasteiger partial charge in [0, 0.05) is 31.4 Å². The Morgan fingerprint density at radius 2 is 1.94 bits per heavy atom. The van der Waals surface area contributed by atoms with Crippen molar-refractivity contribution in [2.75, 3.05) is 34.3 Å². The molecule has 3 heterocycles. The molecular formula is C25H34N3O2P. The summed E-state index contributed by atoms with van der Waals surface area (Å²) in [6, 6.07) is 6.86. The highest BCUT2D eigenvalue weighted by Crippen LogP contribution is 2.48. The van der Waals surface area contributed by atoms with Crippen molar-refractivity contribution in [3.05, 3.63) is 58.9 Å². The Labute approximate surface area is 188 Å². The zero-order chi connectivity index (χ0) is 22.1. The monoisotopic (exact) mass is 439 g/mol. The van der Waals surface area contributed by atoms with E-state index in [1.54, 1.807) is 7.11 Å². The van der Waals surface area contributed by atoms with Crippen LogP contribution in [0.5, 0.6) is 5.75 Å². The number of aryl methyl sites for hydroxylation is 1. The van der Waals surface area contributed by atoms with Crippen molar-refractivity contribution in [3.8, 4) is 5.75 Å². The second-order valence-electron chi connectivity index (χ2n) is 8.84. The van der Waals surface area contributed by atoms with Crippen LogP contribution in [0.25, 0.3) is 5.31 Å². The molecule has 0 bridgehead atoms. The van der Waals surface area contributed by atoms with Crippen molar-refractivity contribution >= 4 is 19.8 Å². The number of rotatable bonds is 5. The molecule has 4 rings (SSSR count). The Bertz CT molecular complexity index is 942. The molecule has 1 saturated heterocycles. The highest BCUT2D eigenvalue weighted by molar-refractivity contribution is 7.51. The number of hydrogen-bond donors (Lipinski definition) is 0. The van der Waals surface area contributed by atoms with E-state index in [4.69, 9.17) is 4.74 Å². The Morgan fingerprint density at radius 3 is 2.55 bits per heavy atom. The smallest absolute Gasteiger partial charge is 0.252 e. The van der Waals surface area contributed by atoms with Gasteiger partial charge >= 0.3 is 0 Å². The zero-order valence-electron chi connectivity index (χ0n) is 19.3. The number of methoxy groups -OCH3 is 1. The Morgan fingerprint density at radius 1 is 1.19 bits per heavy atom. The van der Waals surface area contributed by atoms with Gasteiger partial charge in [0.15, 0.2) is 0 Å². The molecule has 3 aliphatic heterocycles. The minimum Gasteiger partial charge on any atom is -0.496 e. The molecular weight excluding hydrogens is 405 g/mol. The number of ether oxygens (including phenoxy) is 1. The lowest BCUT2D eigenvalue weighted by Gasteiger charge is -2.42. The minimum absolute atomic E-state index is 0.0898. The van der Waals surface area contributed by atoms with E-state index in [0.29, 0.717) is 14.6 Å². The maximum absolute atomic E-state index is 13.2. The minimum atomic E-state index is 0.0898. The van der Waals surface area contributed by atoms with Crippen LogP contribution in [0, 0.1) is 6.92 Å². The summed E-state index contributed by atoms with van der Waals surface area (Å²) in [5.74, 6) is 1.11. The van der Waals surface area contributed by atoms with Gasteiger partial charge in [0.1, 0.15) is 5.75 Å². The number of hydrogen-bond acceptors (Lipinski definition) is 4. The van der Waals surface area contributed by atoms with E-state index in [9.17, 15) is 4.79 Å². The molecule has 5 nitrogen and oxygen atoms in total. The van der Waals surface area contributed by atoms with Crippen LogP contribution in [0.3, 0.4) is 0 Å². The summed E-state index contributed by atoms with van der Waals surface area (Å²) >= 11 is 0. The summed E-state index contributed by atoms with van der Waals surface area (Å²) in [6.45, 7) is 6.35. The Balaban J connectivity index is 1.58. The molecule has 1 aromatic rings. The first-order valence-corrected chi connectivity index (χ1v) is 12.3. The van der Waals surface area contributed by atoms with E-state index >= 15 is 0 Å². The maximum atomic E-state index is 13.2. The van der Waals surface area contributed by atoms with E-state index in [0.717, 1.165) is 41.7 Å². The third kappa shape index (κ3) is 4.44. The quantitative estimate of drug-likeness (QED) is 0.637. The van der Waals surface area contributed by atoms with Crippen LogP contribution in [0.15, 0.2) is 47.8 Å². The number of carbonyl (C=O) groups excluding carboxylic acids is 1. The first-order chi connectivity index (χ1) is 14.9. The van der Waals surface area contributed by atoms with Gasteiger partial charge in [0.05, 0.1) is 18.6 Å². The van der Waals surface area contributed by atoms with Gasteiger partial charge in [-0.2, -0.15) is 0 Å². The van der Waals surface area contributed by atoms with Gasteiger partial charge in [-0.1, -0.05) is 21.6 Å². The first-order valence-electron chi connectivity index (χ1n) is 11.2. The van der Waals surface area contributed by atoms with E-state index in [1.165, 1.54) is 24.1 Å². The topological polar surface area (TPSA) is 36.0 Å². The second-order valence-corrected chi connectivity index (χ2v) is 10.2. The lowest BCUT2D eigenvalue weighted by atomic mass is 10.0. The van der Waals surface area contributed by atoms with Crippen molar-refractivity contribution in [1.29, 1.82) is 0 Å². The van der Waals surface area contributed by atoms with Crippen LogP contribution in [0.2, 0.25) is 0 Å². The van der Waals surface area contributed by atoms with Crippen molar-refractivity contribution in [3.63, 3.8) is 0 Å². The molecule has 0 radical (unpaired) electrons. The van der Waals surface area contributed by atoms with Crippen molar-refractivity contribution in [2.24, 2.45) is 0 Å². The van der Waals surface area contributed by atoms with Crippen LogP contribution >= 0.6 is 8.58 Å². The molecule has 0 N–H and O–H groups in total. The molecule has 2 atom stereocenters. The van der Waals surface area contributed by atoms with E-state index in [-0.39, 0.29) is 11.7 Å². The zero-order valence-corrected chi connectivity index (χ0v) is 20.3. The number of benzene rings is 1. The molecule has 166 valence electrons. The molecule has 1 fully saturated rings. The summed E-state index contributed by atoms with van der Waals surface area (Å²) < 4.78 is 5.40. The molecule has 0 spiro atoms. The number of piperidine rings is 1. The molecule has 1 amide bonds. The van der Waals surface area contributed by atoms with Crippen molar-refractivity contribution < 1.29 is 9.53 Å². The standard InChI is InChI=1S/C25H34N3O2P/c1-6-18-14-21(27-11-9-20(10-12-27)26(3)4)16-28-24(29)15-23(31-25(18)28)19-7-8-22(30-5)17(2)13-19/h7-8,13-16,20,25,31H,6,9-12H2,1-5H3. The third-order valence-corrected chi connectivity index (χ3v) is 8.39. The summed E-state index contributed by atoms with van der Waals surface area (Å²) in [4.78, 5) is 19.9. The van der Waals surface area contributed by atoms with Crippen molar-refractivity contribution in [1.82, 2.24) is 14.7 Å². The SMILES string of the molecule is CCC1=CC(N2CCC(N(C)C)CC2)=CN2C(=O)C=C(c3ccc(OC)c(C)c3)PC12. The molecule has 31 heavy (non-hydrogen) atoms. The van der Waals surface area contributed by atoms with E-state index in [2.05, 4.69) is 62.2 Å². The average molecular weight is 440 g/mol. The Kier molecular flexibility index (Phi) is 6.55. The van der Waals surface area contributed by atoms with Gasteiger partial charge in [0.2, 0.25) is 0 Å². The molecule has 0 aromatic heterocycles. The number of likely N-dealkylation sites (tertiary alicyclic amines) is 1. The predicted molar refractivity (Wildman–Crippen MR) is 129 cm³/mol. The van der Waals surface area contributed by atoms with Gasteiger partial charge in [-0.3, -0.25) is 4.79 Å². The van der Waals surface area contributed by atoms with Crippen LogP contribution in [-0.2, 0) is 4.79 Å². The fourth-order valence-electron chi connectivity index (χ4n) is 4.76. The van der Waals surface area contributed by atoms with Gasteiger partial charge in [-0.15, -0.1) is 0 Å². The maximum Gasteiger partial charge on any atom is 0.252 e. The summed E-state index contributed by atoms with van der Waals surface area (Å²) in [6.07, 6.45) is 9.57. The molecule has 1 aromatic carbocycles. The summed E-state index contributed by atoms with van der Waals surface area (Å²) in [7, 11) is 6.57. The number of allylic oxidation sites excluding steroid dienone is 1.